The highest BCUT2D eigenvalue weighted by Crippen LogP contribution is 2.29. The summed E-state index contributed by atoms with van der Waals surface area (Å²) < 4.78 is 0. The van der Waals surface area contributed by atoms with Gasteiger partial charge in [-0.3, -0.25) is 4.79 Å². The highest BCUT2D eigenvalue weighted by Gasteiger charge is 2.25. The van der Waals surface area contributed by atoms with Crippen LogP contribution < -0.4 is 5.56 Å². The number of aryl methyl sites for hydroxylation is 1. The molecule has 1 heterocycles. The van der Waals surface area contributed by atoms with Crippen molar-refractivity contribution in [2.75, 3.05) is 0 Å². The normalized spacial score (nSPS) is 14.2. The van der Waals surface area contributed by atoms with Gasteiger partial charge in [-0.1, -0.05) is 13.8 Å². The van der Waals surface area contributed by atoms with E-state index in [1.54, 1.807) is 0 Å². The van der Waals surface area contributed by atoms with Gasteiger partial charge in [0.25, 0.3) is 5.56 Å². The van der Waals surface area contributed by atoms with Crippen LogP contribution in [0, 0.1) is 0 Å². The molecule has 0 saturated heterocycles. The lowest BCUT2D eigenvalue weighted by Gasteiger charge is -2.14. The van der Waals surface area contributed by atoms with Gasteiger partial charge < -0.3 is 10.1 Å². The van der Waals surface area contributed by atoms with Crippen molar-refractivity contribution in [1.82, 2.24) is 4.98 Å². The van der Waals surface area contributed by atoms with Gasteiger partial charge in [0.1, 0.15) is 5.56 Å². The van der Waals surface area contributed by atoms with Crippen molar-refractivity contribution in [3.8, 4) is 0 Å². The molecule has 2 rings (SSSR count). The molecule has 0 fully saturated rings. The third-order valence-electron chi connectivity index (χ3n) is 3.09. The number of hydrogen-bond acceptors (Lipinski definition) is 2. The molecule has 0 saturated carbocycles. The number of aromatic carboxylic acids is 1. The molecule has 4 nitrogen and oxygen atoms in total. The summed E-state index contributed by atoms with van der Waals surface area (Å²) in [6, 6.07) is 0. The minimum atomic E-state index is -1.13. The van der Waals surface area contributed by atoms with E-state index in [9.17, 15) is 9.59 Å². The summed E-state index contributed by atoms with van der Waals surface area (Å²) in [5, 5.41) is 9.11. The number of rotatable bonds is 2. The molecular formula is C12H15NO3. The maximum absolute atomic E-state index is 11.7. The van der Waals surface area contributed by atoms with Gasteiger partial charge in [-0.25, -0.2) is 4.79 Å². The predicted molar refractivity (Wildman–Crippen MR) is 60.1 cm³/mol. The Balaban J connectivity index is 2.79. The zero-order valence-electron chi connectivity index (χ0n) is 9.46. The molecule has 1 aromatic heterocycles. The molecule has 0 radical (unpaired) electrons. The van der Waals surface area contributed by atoms with E-state index in [1.807, 2.05) is 13.8 Å². The summed E-state index contributed by atoms with van der Waals surface area (Å²) in [7, 11) is 0. The number of carbonyl (C=O) groups is 1. The molecule has 4 heteroatoms. The van der Waals surface area contributed by atoms with Gasteiger partial charge in [-0.05, 0) is 36.3 Å². The molecule has 1 aliphatic carbocycles. The van der Waals surface area contributed by atoms with Crippen LogP contribution in [0.25, 0.3) is 0 Å². The standard InChI is InChI=1S/C12H15NO3/c1-6(2)9-7-4-3-5-8(7)13-11(14)10(9)12(15)16/h6H,3-5H2,1-2H3,(H,13,14)(H,15,16). The summed E-state index contributed by atoms with van der Waals surface area (Å²) in [4.78, 5) is 25.5. The smallest absolute Gasteiger partial charge is 0.341 e. The number of fused-ring (bicyclic) bond motifs is 1. The Labute approximate surface area is 93.3 Å². The topological polar surface area (TPSA) is 70.2 Å². The van der Waals surface area contributed by atoms with E-state index in [0.29, 0.717) is 0 Å². The number of aromatic nitrogens is 1. The largest absolute Gasteiger partial charge is 0.477 e. The van der Waals surface area contributed by atoms with E-state index in [-0.39, 0.29) is 11.5 Å². The maximum Gasteiger partial charge on any atom is 0.341 e. The molecule has 0 bridgehead atoms. The monoisotopic (exact) mass is 221 g/mol. The summed E-state index contributed by atoms with van der Waals surface area (Å²) in [5.74, 6) is -1.06. The van der Waals surface area contributed by atoms with Crippen molar-refractivity contribution in [1.29, 1.82) is 0 Å². The first-order chi connectivity index (χ1) is 7.52. The quantitative estimate of drug-likeness (QED) is 0.798. The molecule has 0 atom stereocenters. The highest BCUT2D eigenvalue weighted by atomic mass is 16.4. The molecule has 86 valence electrons. The molecule has 0 amide bonds. The average Bonchev–Trinajstić information content (AvgIpc) is 2.61. The molecule has 1 aromatic rings. The minimum absolute atomic E-state index is 0.0697. The molecule has 1 aliphatic rings. The Morgan fingerprint density at radius 2 is 2.06 bits per heavy atom. The van der Waals surface area contributed by atoms with Gasteiger partial charge in [0.05, 0.1) is 0 Å². The van der Waals surface area contributed by atoms with E-state index in [4.69, 9.17) is 5.11 Å². The van der Waals surface area contributed by atoms with Crippen LogP contribution in [0.4, 0.5) is 0 Å². The average molecular weight is 221 g/mol. The summed E-state index contributed by atoms with van der Waals surface area (Å²) >= 11 is 0. The molecule has 0 aromatic carbocycles. The number of carboxylic acid groups (broad SMARTS) is 1. The van der Waals surface area contributed by atoms with Gasteiger partial charge in [-0.15, -0.1) is 0 Å². The zero-order valence-corrected chi connectivity index (χ0v) is 9.46. The number of nitrogens with one attached hydrogen (secondary N) is 1. The first-order valence-corrected chi connectivity index (χ1v) is 5.53. The van der Waals surface area contributed by atoms with E-state index in [1.165, 1.54) is 0 Å². The molecule has 16 heavy (non-hydrogen) atoms. The van der Waals surface area contributed by atoms with Crippen molar-refractivity contribution in [2.24, 2.45) is 0 Å². The van der Waals surface area contributed by atoms with Crippen LogP contribution >= 0.6 is 0 Å². The lowest BCUT2D eigenvalue weighted by molar-refractivity contribution is 0.0693. The van der Waals surface area contributed by atoms with Crippen molar-refractivity contribution >= 4 is 5.97 Å². The molecule has 2 N–H and O–H groups in total. The Hall–Kier alpha value is -1.58. The first-order valence-electron chi connectivity index (χ1n) is 5.53. The third kappa shape index (κ3) is 1.54. The third-order valence-corrected chi connectivity index (χ3v) is 3.09. The SMILES string of the molecule is CC(C)c1c2c([nH]c(=O)c1C(=O)O)CCC2. The number of aromatic amines is 1. The van der Waals surface area contributed by atoms with Gasteiger partial charge in [0.15, 0.2) is 0 Å². The lowest BCUT2D eigenvalue weighted by atomic mass is 9.92. The fraction of sp³-hybridized carbons (Fsp3) is 0.500. The number of pyridine rings is 1. The van der Waals surface area contributed by atoms with Crippen LogP contribution in [0.1, 0.15) is 53.4 Å². The molecule has 0 aliphatic heterocycles. The van der Waals surface area contributed by atoms with E-state index < -0.39 is 11.5 Å². The van der Waals surface area contributed by atoms with Crippen molar-refractivity contribution in [3.05, 3.63) is 32.7 Å². The van der Waals surface area contributed by atoms with Gasteiger partial charge in [0.2, 0.25) is 0 Å². The van der Waals surface area contributed by atoms with Crippen molar-refractivity contribution in [3.63, 3.8) is 0 Å². The van der Waals surface area contributed by atoms with Crippen LogP contribution in [0.15, 0.2) is 4.79 Å². The van der Waals surface area contributed by atoms with Crippen LogP contribution in [0.3, 0.4) is 0 Å². The van der Waals surface area contributed by atoms with Gasteiger partial charge in [0, 0.05) is 5.69 Å². The second-order valence-corrected chi connectivity index (χ2v) is 4.51. The number of H-pyrrole nitrogens is 1. The lowest BCUT2D eigenvalue weighted by Crippen LogP contribution is -2.23. The van der Waals surface area contributed by atoms with Crippen LogP contribution in [-0.4, -0.2) is 16.1 Å². The minimum Gasteiger partial charge on any atom is -0.477 e. The molecule has 0 unspecified atom stereocenters. The maximum atomic E-state index is 11.7. The van der Waals surface area contributed by atoms with E-state index >= 15 is 0 Å². The van der Waals surface area contributed by atoms with E-state index in [0.717, 1.165) is 36.1 Å². The van der Waals surface area contributed by atoms with Crippen molar-refractivity contribution in [2.45, 2.75) is 39.0 Å². The Bertz CT molecular complexity index is 500. The molecule has 0 spiro atoms. The first kappa shape index (κ1) is 10.9. The second-order valence-electron chi connectivity index (χ2n) is 4.51. The van der Waals surface area contributed by atoms with Crippen LogP contribution in [-0.2, 0) is 12.8 Å². The second kappa shape index (κ2) is 3.77. The fourth-order valence-electron chi connectivity index (χ4n) is 2.50. The van der Waals surface area contributed by atoms with Crippen molar-refractivity contribution < 1.29 is 9.90 Å². The van der Waals surface area contributed by atoms with Crippen LogP contribution in [0.5, 0.6) is 0 Å². The van der Waals surface area contributed by atoms with Crippen LogP contribution in [0.2, 0.25) is 0 Å². The molecular weight excluding hydrogens is 206 g/mol. The Morgan fingerprint density at radius 1 is 1.38 bits per heavy atom. The summed E-state index contributed by atoms with van der Waals surface area (Å²) in [6.07, 6.45) is 2.72. The highest BCUT2D eigenvalue weighted by molar-refractivity contribution is 5.89. The summed E-state index contributed by atoms with van der Waals surface area (Å²) in [5.41, 5.74) is 2.17. The Morgan fingerprint density at radius 3 is 2.62 bits per heavy atom. The fourth-order valence-corrected chi connectivity index (χ4v) is 2.50. The predicted octanol–water partition coefficient (Wildman–Crippen LogP) is 1.69. The van der Waals surface area contributed by atoms with Gasteiger partial charge >= 0.3 is 5.97 Å². The Kier molecular flexibility index (Phi) is 2.58. The zero-order chi connectivity index (χ0) is 11.9. The summed E-state index contributed by atoms with van der Waals surface area (Å²) in [6.45, 7) is 3.86. The number of hydrogen-bond donors (Lipinski definition) is 2. The van der Waals surface area contributed by atoms with E-state index in [2.05, 4.69) is 4.98 Å². The van der Waals surface area contributed by atoms with Gasteiger partial charge in [-0.2, -0.15) is 0 Å². The number of carboxylic acids is 1.